The lowest BCUT2D eigenvalue weighted by Crippen LogP contribution is -2.51. The molecule has 3 aliphatic heterocycles. The number of para-hydroxylation sites is 1. The summed E-state index contributed by atoms with van der Waals surface area (Å²) in [4.78, 5) is 40.9. The molecule has 4 rings (SSSR count). The van der Waals surface area contributed by atoms with Crippen LogP contribution in [0.2, 0.25) is 0 Å². The van der Waals surface area contributed by atoms with Crippen LogP contribution in [0.1, 0.15) is 44.9 Å². The molecule has 7 heteroatoms. The fourth-order valence-electron chi connectivity index (χ4n) is 4.97. The second-order valence-corrected chi connectivity index (χ2v) is 8.36. The second-order valence-electron chi connectivity index (χ2n) is 8.36. The lowest BCUT2D eigenvalue weighted by molar-refractivity contribution is -0.122. The highest BCUT2D eigenvalue weighted by atomic mass is 16.2. The summed E-state index contributed by atoms with van der Waals surface area (Å²) in [6.45, 7) is 3.09. The Kier molecular flexibility index (Phi) is 6.13. The van der Waals surface area contributed by atoms with E-state index in [9.17, 15) is 14.4 Å². The first-order valence-electron chi connectivity index (χ1n) is 10.8. The van der Waals surface area contributed by atoms with Crippen LogP contribution in [-0.4, -0.2) is 54.5 Å². The summed E-state index contributed by atoms with van der Waals surface area (Å²) in [7, 11) is 0. The Morgan fingerprint density at radius 2 is 1.86 bits per heavy atom. The van der Waals surface area contributed by atoms with Gasteiger partial charge in [0.1, 0.15) is 6.04 Å². The Bertz CT molecular complexity index is 752. The average Bonchev–Trinajstić information content (AvgIpc) is 3.04. The monoisotopic (exact) mass is 398 g/mol. The lowest BCUT2D eigenvalue weighted by atomic mass is 9.83. The van der Waals surface area contributed by atoms with Crippen LogP contribution in [0, 0.1) is 5.92 Å². The van der Waals surface area contributed by atoms with Crippen molar-refractivity contribution in [3.63, 3.8) is 0 Å². The molecule has 3 fully saturated rings. The van der Waals surface area contributed by atoms with Crippen molar-refractivity contribution in [3.05, 3.63) is 30.3 Å². The molecular weight excluding hydrogens is 368 g/mol. The van der Waals surface area contributed by atoms with Crippen LogP contribution in [0.25, 0.3) is 0 Å². The first-order chi connectivity index (χ1) is 14.1. The SMILES string of the molecule is O=C(CC[C@@H]1NC(=O)N(c2ccccc2)C1=O)NC[C@H]1CCCN2CCCC[C@H]12. The molecule has 0 aromatic heterocycles. The quantitative estimate of drug-likeness (QED) is 0.721. The van der Waals surface area contributed by atoms with Gasteiger partial charge in [0.25, 0.3) is 5.91 Å². The zero-order chi connectivity index (χ0) is 20.2. The van der Waals surface area contributed by atoms with Gasteiger partial charge in [-0.1, -0.05) is 24.6 Å². The third-order valence-corrected chi connectivity index (χ3v) is 6.48. The topological polar surface area (TPSA) is 81.8 Å². The van der Waals surface area contributed by atoms with Gasteiger partial charge in [-0.05, 0) is 63.2 Å². The lowest BCUT2D eigenvalue weighted by Gasteiger charge is -2.44. The van der Waals surface area contributed by atoms with E-state index >= 15 is 0 Å². The van der Waals surface area contributed by atoms with Gasteiger partial charge in [0.05, 0.1) is 5.69 Å². The number of carbonyl (C=O) groups excluding carboxylic acids is 3. The molecule has 4 amide bonds. The maximum Gasteiger partial charge on any atom is 0.329 e. The van der Waals surface area contributed by atoms with Crippen molar-refractivity contribution in [2.75, 3.05) is 24.5 Å². The number of nitrogens with one attached hydrogen (secondary N) is 2. The molecule has 3 heterocycles. The van der Waals surface area contributed by atoms with Gasteiger partial charge in [-0.15, -0.1) is 0 Å². The largest absolute Gasteiger partial charge is 0.356 e. The summed E-state index contributed by atoms with van der Waals surface area (Å²) in [6, 6.07) is 8.40. The fraction of sp³-hybridized carbons (Fsp3) is 0.591. The number of piperidine rings is 2. The predicted molar refractivity (Wildman–Crippen MR) is 110 cm³/mol. The molecule has 1 aromatic carbocycles. The maximum atomic E-state index is 12.6. The van der Waals surface area contributed by atoms with Crippen molar-refractivity contribution in [2.24, 2.45) is 5.92 Å². The van der Waals surface area contributed by atoms with Crippen molar-refractivity contribution >= 4 is 23.5 Å². The molecule has 156 valence electrons. The van der Waals surface area contributed by atoms with Crippen molar-refractivity contribution < 1.29 is 14.4 Å². The Labute approximate surface area is 171 Å². The third-order valence-electron chi connectivity index (χ3n) is 6.48. The van der Waals surface area contributed by atoms with Gasteiger partial charge in [0.2, 0.25) is 5.91 Å². The number of fused-ring (bicyclic) bond motifs is 1. The van der Waals surface area contributed by atoms with E-state index in [0.29, 0.717) is 30.6 Å². The number of rotatable bonds is 6. The molecule has 3 aliphatic rings. The van der Waals surface area contributed by atoms with E-state index in [1.807, 2.05) is 6.07 Å². The van der Waals surface area contributed by atoms with Crippen molar-refractivity contribution in [1.29, 1.82) is 0 Å². The highest BCUT2D eigenvalue weighted by Crippen LogP contribution is 2.30. The van der Waals surface area contributed by atoms with E-state index in [2.05, 4.69) is 15.5 Å². The molecule has 0 radical (unpaired) electrons. The zero-order valence-electron chi connectivity index (χ0n) is 16.8. The van der Waals surface area contributed by atoms with Crippen LogP contribution in [0.3, 0.4) is 0 Å². The van der Waals surface area contributed by atoms with Crippen molar-refractivity contribution in [1.82, 2.24) is 15.5 Å². The standard InChI is InChI=1S/C22H30N4O3/c27-20(23-15-16-7-6-14-25-13-5-4-10-19(16)25)12-11-18-21(28)26(22(29)24-18)17-8-2-1-3-9-17/h1-3,8-9,16,18-19H,4-7,10-15H2,(H,23,27)(H,24,29)/t16-,18+,19-/m1/s1. The molecule has 0 unspecified atom stereocenters. The number of urea groups is 1. The van der Waals surface area contributed by atoms with Crippen LogP contribution < -0.4 is 15.5 Å². The molecule has 1 aromatic rings. The minimum absolute atomic E-state index is 0.0434. The molecule has 29 heavy (non-hydrogen) atoms. The average molecular weight is 399 g/mol. The van der Waals surface area contributed by atoms with Gasteiger partial charge in [0, 0.05) is 19.0 Å². The molecular formula is C22H30N4O3. The molecule has 7 nitrogen and oxygen atoms in total. The van der Waals surface area contributed by atoms with Gasteiger partial charge >= 0.3 is 6.03 Å². The Hall–Kier alpha value is -2.41. The Morgan fingerprint density at radius 1 is 1.07 bits per heavy atom. The number of hydrogen-bond acceptors (Lipinski definition) is 4. The summed E-state index contributed by atoms with van der Waals surface area (Å²) < 4.78 is 0. The number of imide groups is 1. The van der Waals surface area contributed by atoms with E-state index in [4.69, 9.17) is 0 Å². The second kappa shape index (κ2) is 8.95. The summed E-state index contributed by atoms with van der Waals surface area (Å²) in [5.74, 6) is 0.187. The minimum atomic E-state index is -0.642. The van der Waals surface area contributed by atoms with Gasteiger partial charge in [-0.2, -0.15) is 0 Å². The number of carbonyl (C=O) groups is 3. The van der Waals surface area contributed by atoms with Crippen LogP contribution in [0.15, 0.2) is 30.3 Å². The molecule has 0 saturated carbocycles. The van der Waals surface area contributed by atoms with Crippen LogP contribution in [0.4, 0.5) is 10.5 Å². The van der Waals surface area contributed by atoms with Gasteiger partial charge in [-0.25, -0.2) is 9.69 Å². The van der Waals surface area contributed by atoms with Gasteiger partial charge in [0.15, 0.2) is 0 Å². The summed E-state index contributed by atoms with van der Waals surface area (Å²) >= 11 is 0. The fourth-order valence-corrected chi connectivity index (χ4v) is 4.97. The highest BCUT2D eigenvalue weighted by Gasteiger charge is 2.39. The molecule has 0 bridgehead atoms. The Morgan fingerprint density at radius 3 is 2.69 bits per heavy atom. The normalized spacial score (nSPS) is 27.4. The molecule has 0 spiro atoms. The van der Waals surface area contributed by atoms with Crippen molar-refractivity contribution in [3.8, 4) is 0 Å². The van der Waals surface area contributed by atoms with Gasteiger partial charge < -0.3 is 15.5 Å². The third kappa shape index (κ3) is 4.45. The summed E-state index contributed by atoms with van der Waals surface area (Å²) in [5.41, 5.74) is 0.552. The smallest absolute Gasteiger partial charge is 0.329 e. The van der Waals surface area contributed by atoms with Crippen LogP contribution >= 0.6 is 0 Å². The van der Waals surface area contributed by atoms with E-state index in [1.165, 1.54) is 45.2 Å². The van der Waals surface area contributed by atoms with E-state index in [1.54, 1.807) is 24.3 Å². The first kappa shape index (κ1) is 19.9. The van der Waals surface area contributed by atoms with E-state index < -0.39 is 12.1 Å². The molecule has 2 N–H and O–H groups in total. The number of anilines is 1. The molecule has 0 aliphatic carbocycles. The maximum absolute atomic E-state index is 12.6. The van der Waals surface area contributed by atoms with Gasteiger partial charge in [-0.3, -0.25) is 9.59 Å². The molecule has 3 atom stereocenters. The highest BCUT2D eigenvalue weighted by molar-refractivity contribution is 6.21. The number of amides is 4. The van der Waals surface area contributed by atoms with E-state index in [0.717, 1.165) is 4.90 Å². The van der Waals surface area contributed by atoms with Crippen LogP contribution in [0.5, 0.6) is 0 Å². The van der Waals surface area contributed by atoms with E-state index in [-0.39, 0.29) is 18.2 Å². The minimum Gasteiger partial charge on any atom is -0.356 e. The zero-order valence-corrected chi connectivity index (χ0v) is 16.8. The van der Waals surface area contributed by atoms with Crippen LogP contribution in [-0.2, 0) is 9.59 Å². The first-order valence-corrected chi connectivity index (χ1v) is 10.8. The predicted octanol–water partition coefficient (Wildman–Crippen LogP) is 2.27. The number of benzene rings is 1. The number of nitrogens with zero attached hydrogens (tertiary/aromatic N) is 2. The number of hydrogen-bond donors (Lipinski definition) is 2. The summed E-state index contributed by atoms with van der Waals surface area (Å²) in [6.07, 6.45) is 6.74. The Balaban J connectivity index is 1.24. The van der Waals surface area contributed by atoms with Crippen molar-refractivity contribution in [2.45, 2.75) is 57.0 Å². The molecule has 3 saturated heterocycles. The summed E-state index contributed by atoms with van der Waals surface area (Å²) in [5, 5.41) is 5.78.